The van der Waals surface area contributed by atoms with Gasteiger partial charge in [0.25, 0.3) is 5.91 Å². The van der Waals surface area contributed by atoms with Crippen LogP contribution in [-0.4, -0.2) is 23.8 Å². The predicted molar refractivity (Wildman–Crippen MR) is 70.2 cm³/mol. The molecule has 0 bridgehead atoms. The van der Waals surface area contributed by atoms with E-state index in [4.69, 9.17) is 4.74 Å². The van der Waals surface area contributed by atoms with Gasteiger partial charge in [-0.05, 0) is 24.3 Å². The Kier molecular flexibility index (Phi) is 4.23. The Morgan fingerprint density at radius 1 is 1.26 bits per heavy atom. The van der Waals surface area contributed by atoms with Crippen molar-refractivity contribution in [2.45, 2.75) is 0 Å². The molecular weight excluding hydrogens is 244 g/mol. The van der Waals surface area contributed by atoms with E-state index >= 15 is 0 Å². The molecule has 5 nitrogen and oxygen atoms in total. The van der Waals surface area contributed by atoms with Crippen molar-refractivity contribution in [3.05, 3.63) is 54.4 Å². The zero-order valence-electron chi connectivity index (χ0n) is 10.1. The van der Waals surface area contributed by atoms with Gasteiger partial charge in [0.2, 0.25) is 0 Å². The number of hydrogen-bond donors (Lipinski definition) is 1. The first-order valence-electron chi connectivity index (χ1n) is 5.66. The summed E-state index contributed by atoms with van der Waals surface area (Å²) in [6.07, 6.45) is 3.85. The number of hydrogen-bond acceptors (Lipinski definition) is 4. The maximum atomic E-state index is 11.6. The summed E-state index contributed by atoms with van der Waals surface area (Å²) in [4.78, 5) is 26.3. The second-order valence-electron chi connectivity index (χ2n) is 3.73. The molecule has 19 heavy (non-hydrogen) atoms. The summed E-state index contributed by atoms with van der Waals surface area (Å²) >= 11 is 0. The summed E-state index contributed by atoms with van der Waals surface area (Å²) < 4.78 is 5.30. The van der Waals surface area contributed by atoms with Crippen molar-refractivity contribution in [3.63, 3.8) is 0 Å². The topological polar surface area (TPSA) is 68.3 Å². The molecule has 0 aliphatic rings. The van der Waals surface area contributed by atoms with E-state index in [2.05, 4.69) is 10.3 Å². The Labute approximate surface area is 110 Å². The number of rotatable bonds is 5. The van der Waals surface area contributed by atoms with Gasteiger partial charge in [-0.3, -0.25) is 14.6 Å². The Hall–Kier alpha value is -2.69. The SMILES string of the molecule is O=Cc1ccccc1OCC(=O)Nc1cccnc1. The van der Waals surface area contributed by atoms with Crippen molar-refractivity contribution in [1.82, 2.24) is 4.98 Å². The molecule has 2 rings (SSSR count). The molecule has 1 aromatic heterocycles. The van der Waals surface area contributed by atoms with Crippen LogP contribution in [0.25, 0.3) is 0 Å². The highest BCUT2D eigenvalue weighted by Crippen LogP contribution is 2.15. The number of aldehydes is 1. The van der Waals surface area contributed by atoms with E-state index in [0.717, 1.165) is 0 Å². The number of carbonyl (C=O) groups is 2. The van der Waals surface area contributed by atoms with Gasteiger partial charge >= 0.3 is 0 Å². The number of aromatic nitrogens is 1. The lowest BCUT2D eigenvalue weighted by Gasteiger charge is -2.08. The summed E-state index contributed by atoms with van der Waals surface area (Å²) in [5, 5.41) is 2.63. The molecule has 5 heteroatoms. The fraction of sp³-hybridized carbons (Fsp3) is 0.0714. The Balaban J connectivity index is 1.92. The van der Waals surface area contributed by atoms with E-state index in [0.29, 0.717) is 23.3 Å². The lowest BCUT2D eigenvalue weighted by atomic mass is 10.2. The van der Waals surface area contributed by atoms with Crippen molar-refractivity contribution in [1.29, 1.82) is 0 Å². The Morgan fingerprint density at radius 3 is 2.84 bits per heavy atom. The monoisotopic (exact) mass is 256 g/mol. The van der Waals surface area contributed by atoms with Crippen LogP contribution in [0.1, 0.15) is 10.4 Å². The zero-order chi connectivity index (χ0) is 13.5. The van der Waals surface area contributed by atoms with E-state index in [1.165, 1.54) is 6.20 Å². The van der Waals surface area contributed by atoms with Crippen LogP contribution in [0.5, 0.6) is 5.75 Å². The van der Waals surface area contributed by atoms with Crippen molar-refractivity contribution in [3.8, 4) is 5.75 Å². The number of nitrogens with zero attached hydrogens (tertiary/aromatic N) is 1. The smallest absolute Gasteiger partial charge is 0.262 e. The average molecular weight is 256 g/mol. The third kappa shape index (κ3) is 3.64. The number of pyridine rings is 1. The first kappa shape index (κ1) is 12.8. The highest BCUT2D eigenvalue weighted by Gasteiger charge is 2.06. The first-order chi connectivity index (χ1) is 9.29. The van der Waals surface area contributed by atoms with Crippen LogP contribution in [0.2, 0.25) is 0 Å². The van der Waals surface area contributed by atoms with Crippen molar-refractivity contribution in [2.24, 2.45) is 0 Å². The predicted octanol–water partition coefficient (Wildman–Crippen LogP) is 1.91. The van der Waals surface area contributed by atoms with E-state index in [1.54, 1.807) is 42.6 Å². The van der Waals surface area contributed by atoms with Gasteiger partial charge in [0.1, 0.15) is 5.75 Å². The van der Waals surface area contributed by atoms with Gasteiger partial charge in [0, 0.05) is 6.20 Å². The minimum Gasteiger partial charge on any atom is -0.483 e. The molecule has 0 unspecified atom stereocenters. The highest BCUT2D eigenvalue weighted by molar-refractivity contribution is 5.91. The van der Waals surface area contributed by atoms with Gasteiger partial charge in [0.15, 0.2) is 12.9 Å². The maximum absolute atomic E-state index is 11.6. The quantitative estimate of drug-likeness (QED) is 0.830. The summed E-state index contributed by atoms with van der Waals surface area (Å²) in [7, 11) is 0. The molecule has 0 saturated heterocycles. The van der Waals surface area contributed by atoms with Gasteiger partial charge in [-0.2, -0.15) is 0 Å². The van der Waals surface area contributed by atoms with Gasteiger partial charge in [-0.1, -0.05) is 12.1 Å². The molecule has 1 heterocycles. The van der Waals surface area contributed by atoms with Crippen LogP contribution < -0.4 is 10.1 Å². The molecule has 0 radical (unpaired) electrons. The second-order valence-corrected chi connectivity index (χ2v) is 3.73. The molecule has 0 aliphatic carbocycles. The number of benzene rings is 1. The normalized spacial score (nSPS) is 9.68. The lowest BCUT2D eigenvalue weighted by molar-refractivity contribution is -0.118. The number of anilines is 1. The minimum atomic E-state index is -0.311. The van der Waals surface area contributed by atoms with Gasteiger partial charge in [0.05, 0.1) is 17.4 Å². The molecule has 1 amide bonds. The van der Waals surface area contributed by atoms with Crippen LogP contribution in [0, 0.1) is 0 Å². The summed E-state index contributed by atoms with van der Waals surface area (Å²) in [6, 6.07) is 10.2. The Bertz CT molecular complexity index is 570. The number of para-hydroxylation sites is 1. The molecule has 2 aromatic rings. The molecule has 0 saturated carbocycles. The standard InChI is InChI=1S/C14H12N2O3/c17-9-11-4-1-2-6-13(11)19-10-14(18)16-12-5-3-7-15-8-12/h1-9H,10H2,(H,16,18). The van der Waals surface area contributed by atoms with Crippen LogP contribution in [0.15, 0.2) is 48.8 Å². The molecule has 1 N–H and O–H groups in total. The molecule has 0 fully saturated rings. The molecule has 1 aromatic carbocycles. The summed E-state index contributed by atoms with van der Waals surface area (Å²) in [6.45, 7) is -0.167. The third-order valence-corrected chi connectivity index (χ3v) is 2.35. The van der Waals surface area contributed by atoms with Crippen LogP contribution >= 0.6 is 0 Å². The van der Waals surface area contributed by atoms with E-state index < -0.39 is 0 Å². The molecular formula is C14H12N2O3. The van der Waals surface area contributed by atoms with Crippen LogP contribution in [-0.2, 0) is 4.79 Å². The van der Waals surface area contributed by atoms with Gasteiger partial charge in [-0.15, -0.1) is 0 Å². The highest BCUT2D eigenvalue weighted by atomic mass is 16.5. The number of carbonyl (C=O) groups excluding carboxylic acids is 2. The number of ether oxygens (including phenoxy) is 1. The minimum absolute atomic E-state index is 0.167. The second kappa shape index (κ2) is 6.30. The molecule has 0 atom stereocenters. The van der Waals surface area contributed by atoms with Crippen molar-refractivity contribution >= 4 is 17.9 Å². The van der Waals surface area contributed by atoms with E-state index in [1.807, 2.05) is 0 Å². The van der Waals surface area contributed by atoms with E-state index in [-0.39, 0.29) is 12.5 Å². The zero-order valence-corrected chi connectivity index (χ0v) is 10.1. The Morgan fingerprint density at radius 2 is 2.11 bits per heavy atom. The molecule has 0 spiro atoms. The van der Waals surface area contributed by atoms with Gasteiger partial charge in [-0.25, -0.2) is 0 Å². The van der Waals surface area contributed by atoms with Crippen molar-refractivity contribution < 1.29 is 14.3 Å². The summed E-state index contributed by atoms with van der Waals surface area (Å²) in [5.41, 5.74) is 1.01. The molecule has 0 aliphatic heterocycles. The van der Waals surface area contributed by atoms with Gasteiger partial charge < -0.3 is 10.1 Å². The largest absolute Gasteiger partial charge is 0.483 e. The van der Waals surface area contributed by atoms with E-state index in [9.17, 15) is 9.59 Å². The lowest BCUT2D eigenvalue weighted by Crippen LogP contribution is -2.20. The third-order valence-electron chi connectivity index (χ3n) is 2.35. The number of nitrogens with one attached hydrogen (secondary N) is 1. The maximum Gasteiger partial charge on any atom is 0.262 e. The average Bonchev–Trinajstić information content (AvgIpc) is 2.46. The molecule has 96 valence electrons. The number of amides is 1. The fourth-order valence-electron chi connectivity index (χ4n) is 1.49. The van der Waals surface area contributed by atoms with Crippen molar-refractivity contribution in [2.75, 3.05) is 11.9 Å². The van der Waals surface area contributed by atoms with Crippen LogP contribution in [0.3, 0.4) is 0 Å². The van der Waals surface area contributed by atoms with Crippen LogP contribution in [0.4, 0.5) is 5.69 Å². The fourth-order valence-corrected chi connectivity index (χ4v) is 1.49. The first-order valence-corrected chi connectivity index (χ1v) is 5.66. The summed E-state index contributed by atoms with van der Waals surface area (Å²) in [5.74, 6) is 0.0764.